The highest BCUT2D eigenvalue weighted by atomic mass is 16.5. The molecule has 0 unspecified atom stereocenters. The summed E-state index contributed by atoms with van der Waals surface area (Å²) in [6.45, 7) is 0. The minimum Gasteiger partial charge on any atom is -0.495 e. The van der Waals surface area contributed by atoms with Gasteiger partial charge in [-0.1, -0.05) is 5.98 Å². The van der Waals surface area contributed by atoms with E-state index in [9.17, 15) is 0 Å². The van der Waals surface area contributed by atoms with E-state index < -0.39 is 0 Å². The van der Waals surface area contributed by atoms with Crippen LogP contribution in [-0.4, -0.2) is 14.5 Å². The van der Waals surface area contributed by atoms with Crippen LogP contribution in [-0.2, 0) is 4.74 Å². The van der Waals surface area contributed by atoms with Crippen LogP contribution in [0.3, 0.4) is 0 Å². The molecule has 2 nitrogen and oxygen atoms in total. The summed E-state index contributed by atoms with van der Waals surface area (Å²) in [5.74, 6) is 2.74. The maximum atomic E-state index is 4.88. The van der Waals surface area contributed by atoms with Gasteiger partial charge in [-0.3, -0.25) is 0 Å². The van der Waals surface area contributed by atoms with E-state index in [0.29, 0.717) is 0 Å². The van der Waals surface area contributed by atoms with Gasteiger partial charge >= 0.3 is 0 Å². The average Bonchev–Trinajstić information content (AvgIpc) is 1.90. The van der Waals surface area contributed by atoms with Crippen molar-refractivity contribution < 1.29 is 4.74 Å². The highest BCUT2D eigenvalue weighted by molar-refractivity contribution is 6.39. The Hall–Kier alpha value is -0.855. The fourth-order valence-electron chi connectivity index (χ4n) is 0.504. The average molecular weight is 108 g/mol. The van der Waals surface area contributed by atoms with E-state index in [1.807, 2.05) is 19.5 Å². The van der Waals surface area contributed by atoms with E-state index in [0.717, 1.165) is 5.76 Å². The lowest BCUT2D eigenvalue weighted by atomic mass is 9.92. The number of allylic oxidation sites excluding steroid dienone is 1. The maximum absolute atomic E-state index is 4.88. The highest BCUT2D eigenvalue weighted by Crippen LogP contribution is 1.96. The minimum absolute atomic E-state index is 0.854. The summed E-state index contributed by atoms with van der Waals surface area (Å²) in [7, 11) is 3.48. The van der Waals surface area contributed by atoms with Gasteiger partial charge in [0.15, 0.2) is 0 Å². The van der Waals surface area contributed by atoms with E-state index in [2.05, 4.69) is 5.23 Å². The summed E-state index contributed by atoms with van der Waals surface area (Å²) in [5.41, 5.74) is 0. The van der Waals surface area contributed by atoms with Crippen molar-refractivity contribution in [2.24, 2.45) is 0 Å². The monoisotopic (exact) mass is 108 g/mol. The van der Waals surface area contributed by atoms with Crippen LogP contribution in [0, 0.1) is 0 Å². The molecule has 0 aromatic carbocycles. The summed E-state index contributed by atoms with van der Waals surface area (Å²) in [6, 6.07) is 0. The van der Waals surface area contributed by atoms with E-state index in [-0.39, 0.29) is 0 Å². The van der Waals surface area contributed by atoms with E-state index >= 15 is 0 Å². The largest absolute Gasteiger partial charge is 0.495 e. The number of methoxy groups -OCH3 is 1. The third-order valence-electron chi connectivity index (χ3n) is 0.914. The molecule has 0 aromatic rings. The van der Waals surface area contributed by atoms with Crippen LogP contribution in [0.25, 0.3) is 0 Å². The molecule has 0 fully saturated rings. The third kappa shape index (κ3) is 1.06. The van der Waals surface area contributed by atoms with Crippen molar-refractivity contribution in [1.29, 1.82) is 0 Å². The van der Waals surface area contributed by atoms with Gasteiger partial charge in [0.2, 0.25) is 0 Å². The Bertz CT molecular complexity index is 130. The molecule has 0 bridgehead atoms. The lowest BCUT2D eigenvalue weighted by Crippen LogP contribution is -2.13. The quantitative estimate of drug-likeness (QED) is 0.484. The van der Waals surface area contributed by atoms with Crippen molar-refractivity contribution in [3.63, 3.8) is 0 Å². The number of hydrogen-bond donors (Lipinski definition) is 1. The van der Waals surface area contributed by atoms with Crippen molar-refractivity contribution in [3.05, 3.63) is 24.0 Å². The van der Waals surface area contributed by atoms with Gasteiger partial charge in [0.1, 0.15) is 5.76 Å². The first-order valence-electron chi connectivity index (χ1n) is 2.43. The Kier molecular flexibility index (Phi) is 1.62. The maximum Gasteiger partial charge on any atom is 0.274 e. The van der Waals surface area contributed by atoms with Gasteiger partial charge in [0.05, 0.1) is 7.11 Å². The van der Waals surface area contributed by atoms with Gasteiger partial charge in [-0.15, -0.1) is 0 Å². The Balaban J connectivity index is 2.51. The molecule has 8 heavy (non-hydrogen) atoms. The van der Waals surface area contributed by atoms with E-state index in [1.165, 1.54) is 0 Å². The molecule has 1 radical (unpaired) electrons. The Labute approximate surface area is 49.5 Å². The molecule has 0 atom stereocenters. The number of nitrogens with one attached hydrogen (secondary N) is 1. The van der Waals surface area contributed by atoms with Gasteiger partial charge in [0, 0.05) is 6.20 Å². The third-order valence-corrected chi connectivity index (χ3v) is 0.914. The molecule has 1 aliphatic rings. The van der Waals surface area contributed by atoms with Crippen LogP contribution >= 0.6 is 0 Å². The van der Waals surface area contributed by atoms with Gasteiger partial charge < -0.3 is 9.96 Å². The van der Waals surface area contributed by atoms with Gasteiger partial charge in [-0.2, -0.15) is 0 Å². The van der Waals surface area contributed by atoms with Crippen molar-refractivity contribution in [3.8, 4) is 0 Å². The van der Waals surface area contributed by atoms with Crippen molar-refractivity contribution in [2.75, 3.05) is 7.11 Å². The summed E-state index contributed by atoms with van der Waals surface area (Å²) < 4.78 is 4.88. The molecule has 1 heterocycles. The van der Waals surface area contributed by atoms with Gasteiger partial charge in [-0.05, 0) is 6.08 Å². The van der Waals surface area contributed by atoms with Gasteiger partial charge in [-0.25, -0.2) is 0 Å². The lowest BCUT2D eigenvalue weighted by Gasteiger charge is -2.04. The van der Waals surface area contributed by atoms with Crippen LogP contribution in [0.1, 0.15) is 0 Å². The summed E-state index contributed by atoms with van der Waals surface area (Å²) in [5, 5.41) is 2.89. The molecular weight excluding hydrogens is 101 g/mol. The predicted octanol–water partition coefficient (Wildman–Crippen LogP) is 0.210. The molecular formula is C5H7BNO. The standard InChI is InChI=1S/C5H7BNO/c1-8-5-2-3-6-7-4-5/h2-4,7H,1H3. The zero-order valence-corrected chi connectivity index (χ0v) is 4.72. The van der Waals surface area contributed by atoms with Crippen LogP contribution in [0.15, 0.2) is 24.0 Å². The molecule has 1 N–H and O–H groups in total. The molecule has 41 valence electrons. The zero-order valence-electron chi connectivity index (χ0n) is 4.72. The Morgan fingerprint density at radius 1 is 1.75 bits per heavy atom. The van der Waals surface area contributed by atoms with Crippen LogP contribution in [0.5, 0.6) is 0 Å². The number of rotatable bonds is 1. The van der Waals surface area contributed by atoms with E-state index in [1.54, 1.807) is 13.3 Å². The second-order valence-electron chi connectivity index (χ2n) is 1.44. The van der Waals surface area contributed by atoms with Crippen LogP contribution < -0.4 is 5.23 Å². The Morgan fingerprint density at radius 3 is 3.00 bits per heavy atom. The van der Waals surface area contributed by atoms with Crippen LogP contribution in [0.2, 0.25) is 0 Å². The smallest absolute Gasteiger partial charge is 0.274 e. The molecule has 0 aliphatic carbocycles. The first-order valence-corrected chi connectivity index (χ1v) is 2.43. The molecule has 0 amide bonds. The molecule has 0 saturated carbocycles. The highest BCUT2D eigenvalue weighted by Gasteiger charge is 1.92. The van der Waals surface area contributed by atoms with Crippen molar-refractivity contribution >= 4 is 7.41 Å². The second kappa shape index (κ2) is 2.45. The molecule has 0 spiro atoms. The second-order valence-corrected chi connectivity index (χ2v) is 1.44. The normalized spacial score (nSPS) is 15.9. The molecule has 0 aromatic heterocycles. The van der Waals surface area contributed by atoms with Crippen LogP contribution in [0.4, 0.5) is 0 Å². The molecule has 1 rings (SSSR count). The molecule has 1 aliphatic heterocycles. The topological polar surface area (TPSA) is 21.3 Å². The summed E-state index contributed by atoms with van der Waals surface area (Å²) in [4.78, 5) is 0. The first-order chi connectivity index (χ1) is 3.93. The fourth-order valence-corrected chi connectivity index (χ4v) is 0.504. The van der Waals surface area contributed by atoms with Crippen molar-refractivity contribution in [2.45, 2.75) is 0 Å². The SMILES string of the molecule is COC1=CN[B]C=C1. The molecule has 0 saturated heterocycles. The zero-order chi connectivity index (χ0) is 5.82. The predicted molar refractivity (Wildman–Crippen MR) is 33.1 cm³/mol. The summed E-state index contributed by atoms with van der Waals surface area (Å²) in [6.07, 6.45) is 3.68. The number of hydrogen-bond acceptors (Lipinski definition) is 2. The summed E-state index contributed by atoms with van der Waals surface area (Å²) >= 11 is 0. The minimum atomic E-state index is 0.854. The fraction of sp³-hybridized carbons (Fsp3) is 0.200. The van der Waals surface area contributed by atoms with Gasteiger partial charge in [0.25, 0.3) is 7.41 Å². The lowest BCUT2D eigenvalue weighted by molar-refractivity contribution is 0.305. The van der Waals surface area contributed by atoms with Crippen molar-refractivity contribution in [1.82, 2.24) is 5.23 Å². The number of ether oxygens (including phenoxy) is 1. The Morgan fingerprint density at radius 2 is 2.62 bits per heavy atom. The van der Waals surface area contributed by atoms with E-state index in [4.69, 9.17) is 4.74 Å². The first kappa shape index (κ1) is 5.28. The molecule has 3 heteroatoms.